The maximum Gasteiger partial charge on any atom is 0.418 e. The standard InChI is InChI=1S/C10H13F3N2S/c1-16-6-5-14-7-9-8(10(11,12)13)3-2-4-15-9/h2-4,14H,5-7H2,1H3. The van der Waals surface area contributed by atoms with Crippen molar-refractivity contribution < 1.29 is 13.2 Å². The molecule has 0 saturated carbocycles. The summed E-state index contributed by atoms with van der Waals surface area (Å²) in [5.41, 5.74) is -0.609. The van der Waals surface area contributed by atoms with Crippen molar-refractivity contribution in [1.82, 2.24) is 10.3 Å². The maximum atomic E-state index is 12.6. The Hall–Kier alpha value is -0.750. The van der Waals surface area contributed by atoms with Crippen molar-refractivity contribution in [2.75, 3.05) is 18.6 Å². The highest BCUT2D eigenvalue weighted by atomic mass is 32.2. The Labute approximate surface area is 96.6 Å². The van der Waals surface area contributed by atoms with Crippen LogP contribution in [0, 0.1) is 0 Å². The van der Waals surface area contributed by atoms with Crippen molar-refractivity contribution in [3.8, 4) is 0 Å². The molecule has 1 N–H and O–H groups in total. The second-order valence-electron chi connectivity index (χ2n) is 3.16. The van der Waals surface area contributed by atoms with E-state index >= 15 is 0 Å². The average molecular weight is 250 g/mol. The van der Waals surface area contributed by atoms with Crippen LogP contribution in [0.3, 0.4) is 0 Å². The monoisotopic (exact) mass is 250 g/mol. The van der Waals surface area contributed by atoms with Crippen LogP contribution in [0.15, 0.2) is 18.3 Å². The summed E-state index contributed by atoms with van der Waals surface area (Å²) in [6.45, 7) is 0.825. The molecule has 0 aliphatic rings. The SMILES string of the molecule is CSCCNCc1ncccc1C(F)(F)F. The molecule has 90 valence electrons. The first-order valence-corrected chi connectivity index (χ1v) is 6.16. The summed E-state index contributed by atoms with van der Waals surface area (Å²) in [4.78, 5) is 3.75. The smallest absolute Gasteiger partial charge is 0.310 e. The van der Waals surface area contributed by atoms with E-state index in [1.54, 1.807) is 11.8 Å². The third kappa shape index (κ3) is 4.02. The lowest BCUT2D eigenvalue weighted by Gasteiger charge is -2.11. The van der Waals surface area contributed by atoms with Gasteiger partial charge in [0.25, 0.3) is 0 Å². The van der Waals surface area contributed by atoms with Crippen molar-refractivity contribution in [3.05, 3.63) is 29.6 Å². The molecule has 2 nitrogen and oxygen atoms in total. The van der Waals surface area contributed by atoms with Gasteiger partial charge in [-0.3, -0.25) is 4.98 Å². The molecule has 1 aromatic heterocycles. The van der Waals surface area contributed by atoms with Gasteiger partial charge < -0.3 is 5.32 Å². The Morgan fingerprint density at radius 1 is 1.44 bits per heavy atom. The lowest BCUT2D eigenvalue weighted by atomic mass is 10.2. The van der Waals surface area contributed by atoms with Gasteiger partial charge in [0.05, 0.1) is 11.3 Å². The van der Waals surface area contributed by atoms with Gasteiger partial charge in [-0.25, -0.2) is 0 Å². The molecule has 0 aliphatic carbocycles. The maximum absolute atomic E-state index is 12.6. The summed E-state index contributed by atoms with van der Waals surface area (Å²) >= 11 is 1.64. The number of pyridine rings is 1. The summed E-state index contributed by atoms with van der Waals surface area (Å²) in [6, 6.07) is 2.35. The minimum absolute atomic E-state index is 0.0519. The minimum Gasteiger partial charge on any atom is -0.310 e. The Morgan fingerprint density at radius 2 is 2.19 bits per heavy atom. The van der Waals surface area contributed by atoms with Crippen molar-refractivity contribution in [2.45, 2.75) is 12.7 Å². The normalized spacial score (nSPS) is 11.8. The predicted octanol–water partition coefficient (Wildman–Crippen LogP) is 2.55. The molecule has 0 spiro atoms. The van der Waals surface area contributed by atoms with Crippen LogP contribution in [0.5, 0.6) is 0 Å². The fraction of sp³-hybridized carbons (Fsp3) is 0.500. The van der Waals surface area contributed by atoms with E-state index in [1.807, 2.05) is 6.26 Å². The van der Waals surface area contributed by atoms with Crippen molar-refractivity contribution in [3.63, 3.8) is 0 Å². The molecule has 0 bridgehead atoms. The van der Waals surface area contributed by atoms with Gasteiger partial charge in [-0.1, -0.05) is 0 Å². The van der Waals surface area contributed by atoms with Crippen LogP contribution in [-0.2, 0) is 12.7 Å². The molecular weight excluding hydrogens is 237 g/mol. The highest BCUT2D eigenvalue weighted by molar-refractivity contribution is 7.98. The topological polar surface area (TPSA) is 24.9 Å². The summed E-state index contributed by atoms with van der Waals surface area (Å²) in [7, 11) is 0. The van der Waals surface area contributed by atoms with Crippen LogP contribution >= 0.6 is 11.8 Å². The van der Waals surface area contributed by atoms with E-state index in [2.05, 4.69) is 10.3 Å². The van der Waals surface area contributed by atoms with E-state index in [-0.39, 0.29) is 12.2 Å². The van der Waals surface area contributed by atoms with Crippen LogP contribution in [0.25, 0.3) is 0 Å². The van der Waals surface area contributed by atoms with Crippen molar-refractivity contribution in [1.29, 1.82) is 0 Å². The van der Waals surface area contributed by atoms with Gasteiger partial charge in [-0.15, -0.1) is 0 Å². The largest absolute Gasteiger partial charge is 0.418 e. The Bertz CT molecular complexity index is 328. The second kappa shape index (κ2) is 6.10. The lowest BCUT2D eigenvalue weighted by Crippen LogP contribution is -2.20. The highest BCUT2D eigenvalue weighted by Gasteiger charge is 2.33. The number of nitrogens with zero attached hydrogens (tertiary/aromatic N) is 1. The van der Waals surface area contributed by atoms with Crippen LogP contribution < -0.4 is 5.32 Å². The molecule has 6 heteroatoms. The molecule has 0 atom stereocenters. The molecule has 1 rings (SSSR count). The van der Waals surface area contributed by atoms with Crippen LogP contribution in [0.4, 0.5) is 13.2 Å². The van der Waals surface area contributed by atoms with E-state index in [9.17, 15) is 13.2 Å². The van der Waals surface area contributed by atoms with Crippen LogP contribution in [0.1, 0.15) is 11.3 Å². The zero-order valence-electron chi connectivity index (χ0n) is 8.84. The number of halogens is 3. The molecule has 1 aromatic rings. The van der Waals surface area contributed by atoms with E-state index in [0.717, 1.165) is 11.8 Å². The van der Waals surface area contributed by atoms with Gasteiger partial charge in [-0.05, 0) is 18.4 Å². The first-order valence-electron chi connectivity index (χ1n) is 4.76. The van der Waals surface area contributed by atoms with Gasteiger partial charge in [0.1, 0.15) is 0 Å². The quantitative estimate of drug-likeness (QED) is 0.813. The fourth-order valence-corrected chi connectivity index (χ4v) is 1.57. The Balaban J connectivity index is 2.65. The summed E-state index contributed by atoms with van der Waals surface area (Å²) in [6.07, 6.45) is -1.00. The van der Waals surface area contributed by atoms with Gasteiger partial charge in [-0.2, -0.15) is 24.9 Å². The first-order chi connectivity index (χ1) is 7.55. The number of nitrogens with one attached hydrogen (secondary N) is 1. The molecule has 0 saturated heterocycles. The fourth-order valence-electron chi connectivity index (χ4n) is 1.22. The molecule has 0 aliphatic heterocycles. The number of thioether (sulfide) groups is 1. The molecule has 0 unspecified atom stereocenters. The molecule has 0 radical (unpaired) electrons. The van der Waals surface area contributed by atoms with E-state index in [1.165, 1.54) is 12.3 Å². The molecule has 0 fully saturated rings. The van der Waals surface area contributed by atoms with Crippen molar-refractivity contribution >= 4 is 11.8 Å². The first kappa shape index (κ1) is 13.3. The predicted molar refractivity (Wildman–Crippen MR) is 59.3 cm³/mol. The molecule has 16 heavy (non-hydrogen) atoms. The van der Waals surface area contributed by atoms with Gasteiger partial charge in [0.15, 0.2) is 0 Å². The molecule has 1 heterocycles. The summed E-state index contributed by atoms with van der Waals surface area (Å²) in [5.74, 6) is 0.869. The van der Waals surface area contributed by atoms with E-state index in [4.69, 9.17) is 0 Å². The number of rotatable bonds is 5. The number of alkyl halides is 3. The zero-order chi connectivity index (χ0) is 12.0. The van der Waals surface area contributed by atoms with Crippen LogP contribution in [-0.4, -0.2) is 23.5 Å². The molecular formula is C10H13F3N2S. The van der Waals surface area contributed by atoms with Gasteiger partial charge in [0.2, 0.25) is 0 Å². The Morgan fingerprint density at radius 3 is 2.81 bits per heavy atom. The molecule has 0 amide bonds. The molecule has 0 aromatic carbocycles. The Kier molecular flexibility index (Phi) is 5.08. The third-order valence-corrected chi connectivity index (χ3v) is 2.58. The lowest BCUT2D eigenvalue weighted by molar-refractivity contribution is -0.138. The third-order valence-electron chi connectivity index (χ3n) is 1.97. The summed E-state index contributed by atoms with van der Waals surface area (Å²) < 4.78 is 37.7. The van der Waals surface area contributed by atoms with Gasteiger partial charge >= 0.3 is 6.18 Å². The van der Waals surface area contributed by atoms with Gasteiger partial charge in [0, 0.05) is 25.0 Å². The minimum atomic E-state index is -4.33. The number of aromatic nitrogens is 1. The van der Waals surface area contributed by atoms with E-state index in [0.29, 0.717) is 6.54 Å². The second-order valence-corrected chi connectivity index (χ2v) is 4.15. The number of hydrogen-bond donors (Lipinski definition) is 1. The number of hydrogen-bond acceptors (Lipinski definition) is 3. The van der Waals surface area contributed by atoms with Crippen LogP contribution in [0.2, 0.25) is 0 Å². The summed E-state index contributed by atoms with van der Waals surface area (Å²) in [5, 5.41) is 2.93. The van der Waals surface area contributed by atoms with E-state index < -0.39 is 11.7 Å². The average Bonchev–Trinajstić information content (AvgIpc) is 2.24. The van der Waals surface area contributed by atoms with Crippen molar-refractivity contribution in [2.24, 2.45) is 0 Å². The zero-order valence-corrected chi connectivity index (χ0v) is 9.66. The highest BCUT2D eigenvalue weighted by Crippen LogP contribution is 2.30.